The van der Waals surface area contributed by atoms with Crippen LogP contribution in [-0.2, 0) is 0 Å². The Labute approximate surface area is 300 Å². The minimum atomic E-state index is -0.501. The summed E-state index contributed by atoms with van der Waals surface area (Å²) in [5, 5.41) is 23.8. The highest BCUT2D eigenvalue weighted by atomic mass is 16.8. The minimum absolute atomic E-state index is 0.220. The van der Waals surface area contributed by atoms with E-state index in [1.54, 1.807) is 0 Å². The van der Waals surface area contributed by atoms with Crippen molar-refractivity contribution >= 4 is 39.4 Å². The summed E-state index contributed by atoms with van der Waals surface area (Å²) in [5.74, 6) is -0.501. The lowest BCUT2D eigenvalue weighted by Crippen LogP contribution is -2.27. The number of fused-ring (bicyclic) bond motifs is 5. The molecule has 4 aromatic carbocycles. The fraction of sp³-hybridized carbons (Fsp3) is 0.0444. The molecule has 0 radical (unpaired) electrons. The number of benzene rings is 4. The van der Waals surface area contributed by atoms with Gasteiger partial charge in [0.1, 0.15) is 5.70 Å². The number of rotatable bonds is 5. The number of aromatic amines is 1. The summed E-state index contributed by atoms with van der Waals surface area (Å²) in [6, 6.07) is 44.6. The van der Waals surface area contributed by atoms with E-state index in [0.717, 1.165) is 66.8 Å². The van der Waals surface area contributed by atoms with Crippen molar-refractivity contribution < 1.29 is 10.4 Å². The summed E-state index contributed by atoms with van der Waals surface area (Å²) in [4.78, 5) is 19.7. The third-order valence-electron chi connectivity index (χ3n) is 9.78. The summed E-state index contributed by atoms with van der Waals surface area (Å²) in [6.07, 6.45) is 8.12. The SMILES string of the molecule is CC1C2=NC(=C1N(O)O)C(c1ccccc1)=C1C=CC(=N1)C(c1ccccc1)=C1C=CC(=N1)C(c1ccccc1)=c1ccc([nH]1)=C2c1ccccc1. The van der Waals surface area contributed by atoms with Gasteiger partial charge in [-0.15, -0.1) is 5.23 Å². The standard InChI is InChI=1S/C45H33N5O2/c1-28-43-41(31-18-10-4-11-19-31)37-26-24-35(47-37)39(29-14-6-2-7-15-29)33-22-23-34(46-33)40(30-16-8-3-9-17-30)36-25-27-38(48-36)42(32-20-12-5-13-21-32)44(49-43)45(28)50(51)52/h2-28,47,51-52H,1H3. The van der Waals surface area contributed by atoms with Crippen molar-refractivity contribution in [3.05, 3.63) is 214 Å². The van der Waals surface area contributed by atoms with Crippen molar-refractivity contribution in [1.82, 2.24) is 10.2 Å². The zero-order chi connectivity index (χ0) is 35.2. The number of nitrogens with one attached hydrogen (secondary N) is 1. The molecule has 1 aromatic heterocycles. The molecule has 0 saturated carbocycles. The van der Waals surface area contributed by atoms with Gasteiger partial charge >= 0.3 is 0 Å². The van der Waals surface area contributed by atoms with Crippen molar-refractivity contribution in [2.45, 2.75) is 6.92 Å². The topological polar surface area (TPSA) is 96.6 Å². The van der Waals surface area contributed by atoms with Crippen LogP contribution in [0.3, 0.4) is 0 Å². The second kappa shape index (κ2) is 12.9. The van der Waals surface area contributed by atoms with Crippen molar-refractivity contribution in [1.29, 1.82) is 0 Å². The second-order valence-electron chi connectivity index (χ2n) is 12.9. The summed E-state index contributed by atoms with van der Waals surface area (Å²) >= 11 is 0. The maximum atomic E-state index is 10.9. The van der Waals surface area contributed by atoms with E-state index in [1.807, 2.05) is 104 Å². The molecule has 5 aromatic rings. The molecule has 9 rings (SSSR count). The molecule has 7 nitrogen and oxygen atoms in total. The molecule has 3 N–H and O–H groups in total. The second-order valence-corrected chi connectivity index (χ2v) is 12.9. The predicted octanol–water partition coefficient (Wildman–Crippen LogP) is 7.65. The van der Waals surface area contributed by atoms with Crippen molar-refractivity contribution in [2.75, 3.05) is 0 Å². The molecular weight excluding hydrogens is 643 g/mol. The molecule has 0 amide bonds. The molecular formula is C45H33N5O2. The zero-order valence-corrected chi connectivity index (χ0v) is 28.3. The Balaban J connectivity index is 1.45. The molecule has 7 heteroatoms. The van der Waals surface area contributed by atoms with E-state index in [9.17, 15) is 10.4 Å². The summed E-state index contributed by atoms with van der Waals surface area (Å²) in [6.45, 7) is 1.95. The van der Waals surface area contributed by atoms with Crippen molar-refractivity contribution in [3.8, 4) is 0 Å². The predicted molar refractivity (Wildman–Crippen MR) is 207 cm³/mol. The molecule has 8 bridgehead atoms. The van der Waals surface area contributed by atoms with Crippen LogP contribution in [0.5, 0.6) is 0 Å². The number of allylic oxidation sites excluding steroid dienone is 7. The van der Waals surface area contributed by atoms with Crippen LogP contribution < -0.4 is 10.7 Å². The first-order chi connectivity index (χ1) is 25.5. The van der Waals surface area contributed by atoms with Crippen LogP contribution in [0.15, 0.2) is 196 Å². The van der Waals surface area contributed by atoms with Crippen molar-refractivity contribution in [3.63, 3.8) is 0 Å². The average molecular weight is 676 g/mol. The molecule has 0 spiro atoms. The molecule has 4 aliphatic heterocycles. The van der Waals surface area contributed by atoms with Gasteiger partial charge < -0.3 is 4.98 Å². The lowest BCUT2D eigenvalue weighted by atomic mass is 9.91. The third-order valence-corrected chi connectivity index (χ3v) is 9.78. The monoisotopic (exact) mass is 675 g/mol. The molecule has 5 heterocycles. The fourth-order valence-corrected chi connectivity index (χ4v) is 7.44. The Hall–Kier alpha value is -6.67. The van der Waals surface area contributed by atoms with Gasteiger partial charge in [-0.1, -0.05) is 128 Å². The van der Waals surface area contributed by atoms with Gasteiger partial charge in [0.25, 0.3) is 0 Å². The van der Waals surface area contributed by atoms with Crippen molar-refractivity contribution in [2.24, 2.45) is 20.9 Å². The van der Waals surface area contributed by atoms with Gasteiger partial charge in [0.2, 0.25) is 0 Å². The van der Waals surface area contributed by atoms with Gasteiger partial charge in [-0.25, -0.2) is 15.0 Å². The smallest absolute Gasteiger partial charge is 0.107 e. The van der Waals surface area contributed by atoms with Gasteiger partial charge in [-0.2, -0.15) is 0 Å². The van der Waals surface area contributed by atoms with Gasteiger partial charge in [0.15, 0.2) is 0 Å². The van der Waals surface area contributed by atoms with Gasteiger partial charge in [0.05, 0.1) is 34.2 Å². The van der Waals surface area contributed by atoms with Gasteiger partial charge in [-0.05, 0) is 58.7 Å². The number of nitrogens with zero attached hydrogens (tertiary/aromatic N) is 4. The molecule has 0 fully saturated rings. The first-order valence-corrected chi connectivity index (χ1v) is 17.2. The lowest BCUT2D eigenvalue weighted by molar-refractivity contribution is -0.282. The van der Waals surface area contributed by atoms with Crippen LogP contribution in [0.25, 0.3) is 22.3 Å². The number of aliphatic imine (C=N–C) groups is 3. The van der Waals surface area contributed by atoms with Crippen LogP contribution in [0.4, 0.5) is 0 Å². The van der Waals surface area contributed by atoms with Crippen LogP contribution >= 0.6 is 0 Å². The maximum Gasteiger partial charge on any atom is 0.107 e. The first-order valence-electron chi connectivity index (χ1n) is 17.2. The van der Waals surface area contributed by atoms with E-state index in [0.29, 0.717) is 22.7 Å². The van der Waals surface area contributed by atoms with Crippen LogP contribution in [0, 0.1) is 5.92 Å². The quantitative estimate of drug-likeness (QED) is 0.167. The highest BCUT2D eigenvalue weighted by molar-refractivity contribution is 6.35. The molecule has 52 heavy (non-hydrogen) atoms. The summed E-state index contributed by atoms with van der Waals surface area (Å²) in [7, 11) is 0. The van der Waals surface area contributed by atoms with Gasteiger partial charge in [-0.3, -0.25) is 10.4 Å². The number of H-pyrrole nitrogens is 1. The van der Waals surface area contributed by atoms with E-state index in [-0.39, 0.29) is 10.9 Å². The number of hydrogen-bond acceptors (Lipinski definition) is 6. The summed E-state index contributed by atoms with van der Waals surface area (Å²) in [5.41, 5.74) is 11.6. The molecule has 1 unspecified atom stereocenters. The number of aromatic nitrogens is 1. The normalized spacial score (nSPS) is 18.0. The lowest BCUT2D eigenvalue weighted by Gasteiger charge is -2.19. The van der Waals surface area contributed by atoms with E-state index >= 15 is 0 Å². The van der Waals surface area contributed by atoms with Crippen LogP contribution in [0.2, 0.25) is 0 Å². The molecule has 0 aliphatic carbocycles. The molecule has 4 aliphatic rings. The van der Waals surface area contributed by atoms with Gasteiger partial charge in [0, 0.05) is 38.9 Å². The Kier molecular flexibility index (Phi) is 7.77. The number of hydrogen-bond donors (Lipinski definition) is 3. The molecule has 1 atom stereocenters. The zero-order valence-electron chi connectivity index (χ0n) is 28.3. The highest BCUT2D eigenvalue weighted by Crippen LogP contribution is 2.42. The Morgan fingerprint density at radius 3 is 1.42 bits per heavy atom. The van der Waals surface area contributed by atoms with E-state index in [4.69, 9.17) is 15.0 Å². The van der Waals surface area contributed by atoms with Crippen LogP contribution in [-0.4, -0.2) is 37.8 Å². The van der Waals surface area contributed by atoms with E-state index in [2.05, 4.69) is 65.7 Å². The number of hydroxylamine groups is 2. The molecule has 250 valence electrons. The maximum absolute atomic E-state index is 10.9. The van der Waals surface area contributed by atoms with Crippen LogP contribution in [0.1, 0.15) is 29.2 Å². The largest absolute Gasteiger partial charge is 0.354 e. The Bertz CT molecular complexity index is 2620. The third kappa shape index (κ3) is 5.36. The Morgan fingerprint density at radius 2 is 0.904 bits per heavy atom. The fourth-order valence-electron chi connectivity index (χ4n) is 7.44. The average Bonchev–Trinajstić information content (AvgIpc) is 4.00. The Morgan fingerprint density at radius 1 is 0.481 bits per heavy atom. The highest BCUT2D eigenvalue weighted by Gasteiger charge is 2.36. The molecule has 0 saturated heterocycles. The minimum Gasteiger partial charge on any atom is -0.354 e. The van der Waals surface area contributed by atoms with E-state index < -0.39 is 5.92 Å². The van der Waals surface area contributed by atoms with E-state index in [1.165, 1.54) is 0 Å². The summed E-state index contributed by atoms with van der Waals surface area (Å²) < 4.78 is 0. The first kappa shape index (κ1) is 31.3.